The Balaban J connectivity index is 2.46. The largest absolute Gasteiger partial charge is 0.306 e. The Morgan fingerprint density at radius 1 is 1.05 bits per heavy atom. The molecule has 1 saturated carbocycles. The molecule has 0 amide bonds. The third-order valence-corrected chi connectivity index (χ3v) is 7.06. The van der Waals surface area contributed by atoms with Gasteiger partial charge in [0.2, 0.25) is 0 Å². The lowest BCUT2D eigenvalue weighted by Gasteiger charge is -2.28. The second-order valence-electron chi connectivity index (χ2n) is 9.07. The predicted octanol–water partition coefficient (Wildman–Crippen LogP) is 5.70. The maximum atomic E-state index is 2.60. The van der Waals surface area contributed by atoms with E-state index in [1.165, 1.54) is 32.4 Å². The van der Waals surface area contributed by atoms with Crippen molar-refractivity contribution in [2.75, 3.05) is 20.1 Å². The number of hydrogen-bond acceptors (Lipinski definition) is 1. The van der Waals surface area contributed by atoms with Crippen LogP contribution in [0.25, 0.3) is 0 Å². The van der Waals surface area contributed by atoms with Gasteiger partial charge in [0, 0.05) is 6.54 Å². The third kappa shape index (κ3) is 4.03. The van der Waals surface area contributed by atoms with Crippen LogP contribution in [0.1, 0.15) is 74.7 Å². The van der Waals surface area contributed by atoms with Crippen molar-refractivity contribution in [3.63, 3.8) is 0 Å². The number of rotatable bonds is 9. The van der Waals surface area contributed by atoms with Gasteiger partial charge >= 0.3 is 0 Å². The van der Waals surface area contributed by atoms with Gasteiger partial charge in [0.1, 0.15) is 0 Å². The zero-order valence-electron chi connectivity index (χ0n) is 16.3. The van der Waals surface area contributed by atoms with E-state index < -0.39 is 0 Å². The molecule has 0 aromatic heterocycles. The highest BCUT2D eigenvalue weighted by Crippen LogP contribution is 2.70. The third-order valence-electron chi connectivity index (χ3n) is 7.06. The minimum atomic E-state index is 0.530. The highest BCUT2D eigenvalue weighted by molar-refractivity contribution is 5.15. The van der Waals surface area contributed by atoms with Crippen LogP contribution < -0.4 is 0 Å². The molecule has 1 fully saturated rings. The van der Waals surface area contributed by atoms with Gasteiger partial charge in [0.15, 0.2) is 0 Å². The average Bonchev–Trinajstić information content (AvgIpc) is 2.80. The number of hydrogen-bond donors (Lipinski definition) is 0. The molecule has 0 aromatic rings. The SMILES string of the molecule is CCC1(C)C(C)C1(C)CN(C)CCC(CC(C)C)C(C)C. The molecule has 1 rings (SSSR count). The average molecular weight is 296 g/mol. The fourth-order valence-corrected chi connectivity index (χ4v) is 4.63. The summed E-state index contributed by atoms with van der Waals surface area (Å²) in [4.78, 5) is 2.60. The summed E-state index contributed by atoms with van der Waals surface area (Å²) in [6.45, 7) is 21.8. The molecule has 21 heavy (non-hydrogen) atoms. The molecule has 1 aliphatic carbocycles. The topological polar surface area (TPSA) is 3.24 Å². The molecular formula is C20H41N. The number of nitrogens with zero attached hydrogens (tertiary/aromatic N) is 1. The van der Waals surface area contributed by atoms with Gasteiger partial charge in [-0.15, -0.1) is 0 Å². The maximum absolute atomic E-state index is 2.60. The molecular weight excluding hydrogens is 254 g/mol. The quantitative estimate of drug-likeness (QED) is 0.527. The van der Waals surface area contributed by atoms with E-state index in [4.69, 9.17) is 0 Å². The van der Waals surface area contributed by atoms with Crippen molar-refractivity contribution in [2.45, 2.75) is 74.7 Å². The van der Waals surface area contributed by atoms with Gasteiger partial charge in [-0.2, -0.15) is 0 Å². The van der Waals surface area contributed by atoms with Crippen molar-refractivity contribution in [1.29, 1.82) is 0 Å². The summed E-state index contributed by atoms with van der Waals surface area (Å²) < 4.78 is 0. The first kappa shape index (κ1) is 19.0. The normalized spacial score (nSPS) is 34.0. The predicted molar refractivity (Wildman–Crippen MR) is 95.6 cm³/mol. The van der Waals surface area contributed by atoms with Crippen molar-refractivity contribution in [2.24, 2.45) is 34.5 Å². The van der Waals surface area contributed by atoms with E-state index in [9.17, 15) is 0 Å². The molecule has 4 atom stereocenters. The van der Waals surface area contributed by atoms with Gasteiger partial charge in [0.05, 0.1) is 0 Å². The minimum Gasteiger partial charge on any atom is -0.306 e. The maximum Gasteiger partial charge on any atom is 0.00404 e. The first-order chi connectivity index (χ1) is 9.58. The van der Waals surface area contributed by atoms with E-state index in [1.807, 2.05) is 0 Å². The second-order valence-corrected chi connectivity index (χ2v) is 9.07. The Bertz CT molecular complexity index is 322. The molecule has 1 heteroatoms. The summed E-state index contributed by atoms with van der Waals surface area (Å²) in [5.41, 5.74) is 1.10. The van der Waals surface area contributed by atoms with E-state index in [0.29, 0.717) is 10.8 Å². The molecule has 0 aromatic carbocycles. The summed E-state index contributed by atoms with van der Waals surface area (Å²) in [5.74, 6) is 3.40. The first-order valence-electron chi connectivity index (χ1n) is 9.27. The van der Waals surface area contributed by atoms with Crippen LogP contribution in [-0.4, -0.2) is 25.0 Å². The fourth-order valence-electron chi connectivity index (χ4n) is 4.63. The van der Waals surface area contributed by atoms with Crippen molar-refractivity contribution in [3.05, 3.63) is 0 Å². The van der Waals surface area contributed by atoms with Crippen LogP contribution >= 0.6 is 0 Å². The molecule has 1 nitrogen and oxygen atoms in total. The van der Waals surface area contributed by atoms with Gasteiger partial charge in [-0.05, 0) is 67.4 Å². The molecule has 0 saturated heterocycles. The highest BCUT2D eigenvalue weighted by atomic mass is 15.1. The summed E-state index contributed by atoms with van der Waals surface area (Å²) in [6, 6.07) is 0. The molecule has 0 N–H and O–H groups in total. The molecule has 0 spiro atoms. The van der Waals surface area contributed by atoms with Crippen LogP contribution in [0.3, 0.4) is 0 Å². The van der Waals surface area contributed by atoms with E-state index in [2.05, 4.69) is 67.3 Å². The minimum absolute atomic E-state index is 0.530. The van der Waals surface area contributed by atoms with Crippen molar-refractivity contribution in [3.8, 4) is 0 Å². The lowest BCUT2D eigenvalue weighted by Crippen LogP contribution is -2.31. The standard InChI is InChI=1S/C20H41N/c1-10-19(7)17(6)20(19,8)14-21(9)12-11-18(16(4)5)13-15(2)3/h15-18H,10-14H2,1-9H3. The zero-order valence-corrected chi connectivity index (χ0v) is 16.3. The van der Waals surface area contributed by atoms with Crippen LogP contribution in [0.2, 0.25) is 0 Å². The molecule has 0 bridgehead atoms. The van der Waals surface area contributed by atoms with Gasteiger partial charge in [-0.3, -0.25) is 0 Å². The Morgan fingerprint density at radius 2 is 1.62 bits per heavy atom. The van der Waals surface area contributed by atoms with Crippen molar-refractivity contribution >= 4 is 0 Å². The van der Waals surface area contributed by atoms with Gasteiger partial charge in [-0.1, -0.05) is 55.4 Å². The highest BCUT2D eigenvalue weighted by Gasteiger charge is 2.66. The molecule has 0 aliphatic heterocycles. The van der Waals surface area contributed by atoms with E-state index in [0.717, 1.165) is 23.7 Å². The molecule has 4 unspecified atom stereocenters. The monoisotopic (exact) mass is 295 g/mol. The summed E-state index contributed by atoms with van der Waals surface area (Å²) in [6.07, 6.45) is 4.06. The lowest BCUT2D eigenvalue weighted by atomic mass is 9.85. The molecule has 0 radical (unpaired) electrons. The van der Waals surface area contributed by atoms with E-state index in [1.54, 1.807) is 0 Å². The van der Waals surface area contributed by atoms with Gasteiger partial charge in [0.25, 0.3) is 0 Å². The van der Waals surface area contributed by atoms with E-state index >= 15 is 0 Å². The molecule has 1 aliphatic rings. The molecule has 0 heterocycles. The lowest BCUT2D eigenvalue weighted by molar-refractivity contribution is 0.199. The van der Waals surface area contributed by atoms with Gasteiger partial charge in [-0.25, -0.2) is 0 Å². The summed E-state index contributed by atoms with van der Waals surface area (Å²) in [7, 11) is 2.33. The Hall–Kier alpha value is -0.0400. The Kier molecular flexibility index (Phi) is 6.36. The van der Waals surface area contributed by atoms with Crippen LogP contribution in [0.4, 0.5) is 0 Å². The van der Waals surface area contributed by atoms with Crippen LogP contribution in [-0.2, 0) is 0 Å². The summed E-state index contributed by atoms with van der Waals surface area (Å²) in [5, 5.41) is 0. The first-order valence-corrected chi connectivity index (χ1v) is 9.27. The summed E-state index contributed by atoms with van der Waals surface area (Å²) >= 11 is 0. The fraction of sp³-hybridized carbons (Fsp3) is 1.00. The van der Waals surface area contributed by atoms with Crippen molar-refractivity contribution in [1.82, 2.24) is 4.90 Å². The second kappa shape index (κ2) is 7.02. The van der Waals surface area contributed by atoms with Crippen LogP contribution in [0.5, 0.6) is 0 Å². The Morgan fingerprint density at radius 3 is 2.00 bits per heavy atom. The van der Waals surface area contributed by atoms with Crippen molar-refractivity contribution < 1.29 is 0 Å². The van der Waals surface area contributed by atoms with Crippen LogP contribution in [0, 0.1) is 34.5 Å². The zero-order chi connectivity index (χ0) is 16.4. The smallest absolute Gasteiger partial charge is 0.00404 e. The Labute approximate surface area is 134 Å². The molecule has 126 valence electrons. The van der Waals surface area contributed by atoms with E-state index in [-0.39, 0.29) is 0 Å². The van der Waals surface area contributed by atoms with Gasteiger partial charge < -0.3 is 4.90 Å². The van der Waals surface area contributed by atoms with Crippen LogP contribution in [0.15, 0.2) is 0 Å².